The van der Waals surface area contributed by atoms with Crippen molar-refractivity contribution in [3.05, 3.63) is 76.9 Å². The molecule has 1 aromatic heterocycles. The fraction of sp³-hybridized carbons (Fsp3) is 0.238. The summed E-state index contributed by atoms with van der Waals surface area (Å²) >= 11 is 0. The lowest BCUT2D eigenvalue weighted by Crippen LogP contribution is -2.24. The minimum Gasteiger partial charge on any atom is -0.347 e. The van der Waals surface area contributed by atoms with Crippen molar-refractivity contribution < 1.29 is 17.6 Å². The van der Waals surface area contributed by atoms with Gasteiger partial charge in [0, 0.05) is 17.8 Å². The number of carbonyl (C=O) groups excluding carboxylic acids is 1. The van der Waals surface area contributed by atoms with Crippen LogP contribution in [0.2, 0.25) is 0 Å². The van der Waals surface area contributed by atoms with Crippen LogP contribution in [0.25, 0.3) is 5.69 Å². The lowest BCUT2D eigenvalue weighted by atomic mass is 10.2. The molecule has 30 heavy (non-hydrogen) atoms. The highest BCUT2D eigenvalue weighted by molar-refractivity contribution is 7.89. The number of rotatable bonds is 6. The van der Waals surface area contributed by atoms with Gasteiger partial charge in [0.2, 0.25) is 10.0 Å². The van der Waals surface area contributed by atoms with Gasteiger partial charge in [-0.25, -0.2) is 22.2 Å². The Morgan fingerprint density at radius 3 is 2.47 bits per heavy atom. The predicted octanol–water partition coefficient (Wildman–Crippen LogP) is 2.34. The SMILES string of the molecule is CNS(=O)(=O)c1ccc(CNC(=O)c2nn(-c3ccc(F)cc3)c3c2CCC3)cc1. The van der Waals surface area contributed by atoms with Crippen molar-refractivity contribution in [2.24, 2.45) is 0 Å². The van der Waals surface area contributed by atoms with E-state index in [-0.39, 0.29) is 23.2 Å². The molecule has 2 N–H and O–H groups in total. The fourth-order valence-electron chi connectivity index (χ4n) is 3.59. The molecule has 0 spiro atoms. The number of benzene rings is 2. The number of amides is 1. The van der Waals surface area contributed by atoms with Crippen molar-refractivity contribution in [2.75, 3.05) is 7.05 Å². The Labute approximate surface area is 174 Å². The number of carbonyl (C=O) groups is 1. The number of sulfonamides is 1. The topological polar surface area (TPSA) is 93.1 Å². The molecule has 7 nitrogen and oxygen atoms in total. The van der Waals surface area contributed by atoms with Crippen LogP contribution in [-0.2, 0) is 29.4 Å². The lowest BCUT2D eigenvalue weighted by Gasteiger charge is -2.07. The summed E-state index contributed by atoms with van der Waals surface area (Å²) < 4.78 is 40.8. The molecule has 1 aliphatic carbocycles. The molecular weight excluding hydrogens is 407 g/mol. The molecule has 2 aromatic carbocycles. The molecule has 0 saturated heterocycles. The molecule has 0 fully saturated rings. The van der Waals surface area contributed by atoms with E-state index in [0.29, 0.717) is 5.69 Å². The molecule has 4 rings (SSSR count). The number of nitrogens with one attached hydrogen (secondary N) is 2. The van der Waals surface area contributed by atoms with Gasteiger partial charge in [-0.05, 0) is 68.3 Å². The summed E-state index contributed by atoms with van der Waals surface area (Å²) in [6.07, 6.45) is 2.53. The largest absolute Gasteiger partial charge is 0.347 e. The summed E-state index contributed by atoms with van der Waals surface area (Å²) in [7, 11) is -2.14. The smallest absolute Gasteiger partial charge is 0.272 e. The maximum Gasteiger partial charge on any atom is 0.272 e. The molecule has 0 atom stereocenters. The van der Waals surface area contributed by atoms with E-state index in [9.17, 15) is 17.6 Å². The zero-order valence-corrected chi connectivity index (χ0v) is 17.2. The molecule has 3 aromatic rings. The van der Waals surface area contributed by atoms with Gasteiger partial charge < -0.3 is 5.32 Å². The molecular formula is C21H21FN4O3S. The first-order chi connectivity index (χ1) is 14.4. The molecule has 1 aliphatic rings. The van der Waals surface area contributed by atoms with Gasteiger partial charge in [0.15, 0.2) is 5.69 Å². The summed E-state index contributed by atoms with van der Waals surface area (Å²) in [5.41, 5.74) is 3.77. The van der Waals surface area contributed by atoms with Crippen LogP contribution in [-0.4, -0.2) is 31.2 Å². The molecule has 0 bridgehead atoms. The Morgan fingerprint density at radius 2 is 1.80 bits per heavy atom. The van der Waals surface area contributed by atoms with Crippen molar-refractivity contribution in [3.8, 4) is 5.69 Å². The monoisotopic (exact) mass is 428 g/mol. The Morgan fingerprint density at radius 1 is 1.10 bits per heavy atom. The highest BCUT2D eigenvalue weighted by Gasteiger charge is 2.26. The fourth-order valence-corrected chi connectivity index (χ4v) is 4.32. The van der Waals surface area contributed by atoms with Crippen LogP contribution in [0.15, 0.2) is 53.4 Å². The molecule has 1 heterocycles. The van der Waals surface area contributed by atoms with E-state index >= 15 is 0 Å². The quantitative estimate of drug-likeness (QED) is 0.630. The van der Waals surface area contributed by atoms with Crippen molar-refractivity contribution in [1.82, 2.24) is 19.8 Å². The summed E-state index contributed by atoms with van der Waals surface area (Å²) in [5.74, 6) is -0.616. The third-order valence-electron chi connectivity index (χ3n) is 5.17. The Hall–Kier alpha value is -3.04. The first-order valence-electron chi connectivity index (χ1n) is 9.56. The van der Waals surface area contributed by atoms with Gasteiger partial charge in [-0.15, -0.1) is 0 Å². The Bertz CT molecular complexity index is 1190. The van der Waals surface area contributed by atoms with Crippen LogP contribution >= 0.6 is 0 Å². The standard InChI is InChI=1S/C21H21FN4O3S/c1-23-30(28,29)17-11-5-14(6-12-17)13-24-21(27)20-18-3-2-4-19(18)26(25-20)16-9-7-15(22)8-10-16/h5-12,23H,2-4,13H2,1H3,(H,24,27). The first kappa shape index (κ1) is 20.2. The van der Waals surface area contributed by atoms with E-state index in [0.717, 1.165) is 41.8 Å². The third kappa shape index (κ3) is 3.86. The highest BCUT2D eigenvalue weighted by Crippen LogP contribution is 2.28. The summed E-state index contributed by atoms with van der Waals surface area (Å²) in [4.78, 5) is 13.0. The van der Waals surface area contributed by atoms with Gasteiger partial charge in [-0.3, -0.25) is 4.79 Å². The average Bonchev–Trinajstić information content (AvgIpc) is 3.36. The maximum absolute atomic E-state index is 13.3. The van der Waals surface area contributed by atoms with E-state index < -0.39 is 10.0 Å². The zero-order chi connectivity index (χ0) is 21.3. The van der Waals surface area contributed by atoms with Gasteiger partial charge in [-0.2, -0.15) is 5.10 Å². The number of fused-ring (bicyclic) bond motifs is 1. The molecule has 1 amide bonds. The Balaban J connectivity index is 1.52. The molecule has 0 aliphatic heterocycles. The van der Waals surface area contributed by atoms with E-state index in [1.807, 2.05) is 0 Å². The van der Waals surface area contributed by atoms with E-state index in [2.05, 4.69) is 15.1 Å². The van der Waals surface area contributed by atoms with E-state index in [4.69, 9.17) is 0 Å². The van der Waals surface area contributed by atoms with Crippen LogP contribution < -0.4 is 10.0 Å². The summed E-state index contributed by atoms with van der Waals surface area (Å²) in [6.45, 7) is 0.247. The number of nitrogens with zero attached hydrogens (tertiary/aromatic N) is 2. The Kier molecular flexibility index (Phi) is 5.40. The highest BCUT2D eigenvalue weighted by atomic mass is 32.2. The second-order valence-corrected chi connectivity index (χ2v) is 8.94. The van der Waals surface area contributed by atoms with Crippen LogP contribution in [0.5, 0.6) is 0 Å². The van der Waals surface area contributed by atoms with Gasteiger partial charge in [0.25, 0.3) is 5.91 Å². The predicted molar refractivity (Wildman–Crippen MR) is 109 cm³/mol. The minimum atomic E-state index is -3.50. The van der Waals surface area contributed by atoms with Crippen LogP contribution in [0.3, 0.4) is 0 Å². The lowest BCUT2D eigenvalue weighted by molar-refractivity contribution is 0.0944. The van der Waals surface area contributed by atoms with Gasteiger partial charge >= 0.3 is 0 Å². The third-order valence-corrected chi connectivity index (χ3v) is 6.60. The van der Waals surface area contributed by atoms with Gasteiger partial charge in [0.05, 0.1) is 10.6 Å². The van der Waals surface area contributed by atoms with E-state index in [1.165, 1.54) is 31.3 Å². The second kappa shape index (κ2) is 8.00. The molecule has 0 unspecified atom stereocenters. The number of halogens is 1. The van der Waals surface area contributed by atoms with Crippen molar-refractivity contribution in [2.45, 2.75) is 30.7 Å². The summed E-state index contributed by atoms with van der Waals surface area (Å²) in [6, 6.07) is 12.3. The van der Waals surface area contributed by atoms with Crippen molar-refractivity contribution in [1.29, 1.82) is 0 Å². The maximum atomic E-state index is 13.3. The minimum absolute atomic E-state index is 0.163. The van der Waals surface area contributed by atoms with Crippen molar-refractivity contribution >= 4 is 15.9 Å². The van der Waals surface area contributed by atoms with Gasteiger partial charge in [0.1, 0.15) is 5.82 Å². The number of hydrogen-bond donors (Lipinski definition) is 2. The molecule has 9 heteroatoms. The van der Waals surface area contributed by atoms with Crippen LogP contribution in [0, 0.1) is 5.82 Å². The normalized spacial score (nSPS) is 13.3. The van der Waals surface area contributed by atoms with Crippen molar-refractivity contribution in [3.63, 3.8) is 0 Å². The van der Waals surface area contributed by atoms with Crippen LogP contribution in [0.1, 0.15) is 33.7 Å². The van der Waals surface area contributed by atoms with Crippen LogP contribution in [0.4, 0.5) is 4.39 Å². The number of hydrogen-bond acceptors (Lipinski definition) is 4. The zero-order valence-electron chi connectivity index (χ0n) is 16.4. The van der Waals surface area contributed by atoms with Gasteiger partial charge in [-0.1, -0.05) is 12.1 Å². The van der Waals surface area contributed by atoms with E-state index in [1.54, 1.807) is 28.9 Å². The molecule has 0 radical (unpaired) electrons. The first-order valence-corrected chi connectivity index (χ1v) is 11.0. The second-order valence-electron chi connectivity index (χ2n) is 7.05. The molecule has 156 valence electrons. The summed E-state index contributed by atoms with van der Waals surface area (Å²) in [5, 5.41) is 7.35. The molecule has 0 saturated carbocycles. The number of aromatic nitrogens is 2. The average molecular weight is 428 g/mol.